The second-order valence-corrected chi connectivity index (χ2v) is 6.01. The highest BCUT2D eigenvalue weighted by Gasteiger charge is 2.35. The van der Waals surface area contributed by atoms with Gasteiger partial charge in [-0.05, 0) is 41.0 Å². The van der Waals surface area contributed by atoms with Crippen molar-refractivity contribution >= 4 is 0 Å². The summed E-state index contributed by atoms with van der Waals surface area (Å²) in [6.07, 6.45) is 0.327. The average Bonchev–Trinajstić information content (AvgIpc) is 2.42. The van der Waals surface area contributed by atoms with Crippen molar-refractivity contribution in [2.45, 2.75) is 52.1 Å². The Kier molecular flexibility index (Phi) is 8.69. The summed E-state index contributed by atoms with van der Waals surface area (Å²) in [6, 6.07) is 6.95. The first-order valence-corrected chi connectivity index (χ1v) is 6.23. The van der Waals surface area contributed by atoms with Crippen LogP contribution in [0.5, 0.6) is 0 Å². The predicted molar refractivity (Wildman–Crippen MR) is 77.2 cm³/mol. The highest BCUT2D eigenvalue weighted by Crippen LogP contribution is 2.28. The van der Waals surface area contributed by atoms with Gasteiger partial charge >= 0.3 is 0 Å². The molecule has 6 heteroatoms. The quantitative estimate of drug-likeness (QED) is 0.629. The van der Waals surface area contributed by atoms with Crippen LogP contribution in [0.4, 0.5) is 0 Å². The van der Waals surface area contributed by atoms with Gasteiger partial charge in [0, 0.05) is 11.1 Å². The fourth-order valence-corrected chi connectivity index (χ4v) is 1.64. The van der Waals surface area contributed by atoms with E-state index in [1.807, 2.05) is 46.8 Å². The maximum atomic E-state index is 9.97. The van der Waals surface area contributed by atoms with Crippen molar-refractivity contribution in [3.8, 4) is 24.3 Å². The van der Waals surface area contributed by atoms with E-state index in [0.717, 1.165) is 0 Å². The molecule has 0 aliphatic heterocycles. The Morgan fingerprint density at radius 3 is 1.62 bits per heavy atom. The van der Waals surface area contributed by atoms with E-state index in [0.29, 0.717) is 6.42 Å². The summed E-state index contributed by atoms with van der Waals surface area (Å²) in [5, 5.41) is 44.1. The van der Waals surface area contributed by atoms with Crippen LogP contribution in [0.25, 0.3) is 0 Å². The van der Waals surface area contributed by atoms with Crippen molar-refractivity contribution < 1.29 is 5.21 Å². The molecule has 0 saturated carbocycles. The van der Waals surface area contributed by atoms with Crippen LogP contribution in [-0.4, -0.2) is 21.3 Å². The van der Waals surface area contributed by atoms with Gasteiger partial charge < -0.3 is 5.21 Å². The minimum atomic E-state index is -0.683. The normalized spacial score (nSPS) is 10.5. The van der Waals surface area contributed by atoms with E-state index >= 15 is 0 Å². The molecule has 0 heterocycles. The zero-order valence-electron chi connectivity index (χ0n) is 13.2. The molecule has 0 aromatic heterocycles. The first kappa shape index (κ1) is 20.9. The number of hydrogen-bond donors (Lipinski definition) is 1. The molecule has 112 valence electrons. The van der Waals surface area contributed by atoms with Gasteiger partial charge in [0.05, 0.1) is 12.1 Å². The number of hydrogen-bond acceptors (Lipinski definition) is 6. The Balaban J connectivity index is 0. The third-order valence-corrected chi connectivity index (χ3v) is 2.49. The zero-order valence-corrected chi connectivity index (χ0v) is 13.2. The van der Waals surface area contributed by atoms with Gasteiger partial charge in [-0.15, -0.1) is 0 Å². The first-order valence-electron chi connectivity index (χ1n) is 6.23. The molecule has 0 aromatic rings. The topological polar surface area (TPSA) is 119 Å². The summed E-state index contributed by atoms with van der Waals surface area (Å²) >= 11 is 0. The molecule has 0 amide bonds. The van der Waals surface area contributed by atoms with Crippen LogP contribution in [0.2, 0.25) is 0 Å². The molecule has 0 spiro atoms. The van der Waals surface area contributed by atoms with Gasteiger partial charge in [-0.1, -0.05) is 6.58 Å². The number of hydroxylamine groups is 2. The lowest BCUT2D eigenvalue weighted by atomic mass is 9.89. The van der Waals surface area contributed by atoms with Crippen LogP contribution in [0.1, 0.15) is 41.0 Å². The van der Waals surface area contributed by atoms with Crippen LogP contribution in [0.15, 0.2) is 12.2 Å². The van der Waals surface area contributed by atoms with Crippen molar-refractivity contribution in [3.05, 3.63) is 12.2 Å². The number of rotatable bonds is 3. The molecular weight excluding hydrogens is 266 g/mol. The van der Waals surface area contributed by atoms with Gasteiger partial charge in [-0.2, -0.15) is 26.1 Å². The van der Waals surface area contributed by atoms with Crippen LogP contribution < -0.4 is 0 Å². The molecule has 6 nitrogen and oxygen atoms in total. The minimum absolute atomic E-state index is 0.0463. The Morgan fingerprint density at radius 1 is 1.05 bits per heavy atom. The zero-order chi connectivity index (χ0) is 17.3. The minimum Gasteiger partial charge on any atom is -0.313 e. The average molecular weight is 287 g/mol. The van der Waals surface area contributed by atoms with Gasteiger partial charge in [0.2, 0.25) is 0 Å². The SMILES string of the molecule is C=C(C#N)C#N.CC(C)(C)N(O)C(C)(C)CC(C#N)C#N. The van der Waals surface area contributed by atoms with Gasteiger partial charge in [-0.25, -0.2) is 0 Å². The van der Waals surface area contributed by atoms with E-state index in [1.165, 1.54) is 5.06 Å². The van der Waals surface area contributed by atoms with Gasteiger partial charge in [0.15, 0.2) is 0 Å². The molecule has 0 aromatic carbocycles. The number of nitriles is 4. The van der Waals surface area contributed by atoms with E-state index in [9.17, 15) is 5.21 Å². The smallest absolute Gasteiger partial charge is 0.135 e. The lowest BCUT2D eigenvalue weighted by molar-refractivity contribution is -0.220. The van der Waals surface area contributed by atoms with E-state index < -0.39 is 17.0 Å². The summed E-state index contributed by atoms with van der Waals surface area (Å²) in [5.74, 6) is -0.683. The summed E-state index contributed by atoms with van der Waals surface area (Å²) in [7, 11) is 0. The fourth-order valence-electron chi connectivity index (χ4n) is 1.64. The van der Waals surface area contributed by atoms with Crippen LogP contribution in [-0.2, 0) is 0 Å². The van der Waals surface area contributed by atoms with Crippen LogP contribution >= 0.6 is 0 Å². The summed E-state index contributed by atoms with van der Waals surface area (Å²) in [4.78, 5) is 0. The third-order valence-electron chi connectivity index (χ3n) is 2.49. The highest BCUT2D eigenvalue weighted by atomic mass is 16.5. The fraction of sp³-hybridized carbons (Fsp3) is 0.600. The van der Waals surface area contributed by atoms with Crippen molar-refractivity contribution in [2.24, 2.45) is 5.92 Å². The Labute approximate surface area is 126 Å². The molecule has 0 bridgehead atoms. The second kappa shape index (κ2) is 8.72. The Hall–Kier alpha value is -2.38. The van der Waals surface area contributed by atoms with E-state index in [4.69, 9.17) is 21.0 Å². The van der Waals surface area contributed by atoms with E-state index in [-0.39, 0.29) is 5.57 Å². The predicted octanol–water partition coefficient (Wildman–Crippen LogP) is 2.90. The first-order chi connectivity index (χ1) is 9.46. The lowest BCUT2D eigenvalue weighted by Gasteiger charge is -2.42. The van der Waals surface area contributed by atoms with E-state index in [2.05, 4.69) is 6.58 Å². The van der Waals surface area contributed by atoms with Gasteiger partial charge in [0.25, 0.3) is 0 Å². The summed E-state index contributed by atoms with van der Waals surface area (Å²) in [6.45, 7) is 12.3. The van der Waals surface area contributed by atoms with Gasteiger partial charge in [0.1, 0.15) is 23.6 Å². The van der Waals surface area contributed by atoms with Crippen LogP contribution in [0.3, 0.4) is 0 Å². The maximum absolute atomic E-state index is 9.97. The summed E-state index contributed by atoms with van der Waals surface area (Å²) in [5.41, 5.74) is -1.04. The standard InChI is InChI=1S/C11H19N3O.C4H2N2/c1-10(2,3)14(15)11(4,5)6-9(7-12)8-13;1-4(2-5)3-6/h9,15H,6H2,1-5H3;1H2. The van der Waals surface area contributed by atoms with Crippen molar-refractivity contribution in [2.75, 3.05) is 0 Å². The van der Waals surface area contributed by atoms with Crippen molar-refractivity contribution in [1.29, 1.82) is 21.0 Å². The number of allylic oxidation sites excluding steroid dienone is 1. The van der Waals surface area contributed by atoms with Gasteiger partial charge in [-0.3, -0.25) is 0 Å². The molecule has 0 fully saturated rings. The molecule has 0 aliphatic rings. The highest BCUT2D eigenvalue weighted by molar-refractivity contribution is 5.31. The van der Waals surface area contributed by atoms with Crippen molar-refractivity contribution in [1.82, 2.24) is 5.06 Å². The molecule has 0 aliphatic carbocycles. The molecule has 21 heavy (non-hydrogen) atoms. The van der Waals surface area contributed by atoms with Crippen molar-refractivity contribution in [3.63, 3.8) is 0 Å². The summed E-state index contributed by atoms with van der Waals surface area (Å²) < 4.78 is 0. The maximum Gasteiger partial charge on any atom is 0.135 e. The molecule has 0 rings (SSSR count). The molecule has 1 N–H and O–H groups in total. The molecular formula is C15H21N5O. The second-order valence-electron chi connectivity index (χ2n) is 6.01. The molecule has 0 unspecified atom stereocenters. The molecule has 0 saturated heterocycles. The Bertz CT molecular complexity index is 487. The lowest BCUT2D eigenvalue weighted by Crippen LogP contribution is -2.52. The molecule has 0 radical (unpaired) electrons. The largest absolute Gasteiger partial charge is 0.313 e. The monoisotopic (exact) mass is 287 g/mol. The molecule has 0 atom stereocenters. The van der Waals surface area contributed by atoms with Crippen LogP contribution in [0, 0.1) is 51.2 Å². The Morgan fingerprint density at radius 2 is 1.43 bits per heavy atom. The van der Waals surface area contributed by atoms with E-state index in [1.54, 1.807) is 12.1 Å². The third kappa shape index (κ3) is 8.40. The number of nitrogens with zero attached hydrogens (tertiary/aromatic N) is 5.